The predicted octanol–water partition coefficient (Wildman–Crippen LogP) is 5.25. The maximum Gasteiger partial charge on any atom is 0.174 e. The molecule has 1 aliphatic heterocycles. The van der Waals surface area contributed by atoms with E-state index in [9.17, 15) is 0 Å². The Morgan fingerprint density at radius 3 is 2.54 bits per heavy atom. The summed E-state index contributed by atoms with van der Waals surface area (Å²) in [5.74, 6) is 0. The van der Waals surface area contributed by atoms with Crippen molar-refractivity contribution in [2.24, 2.45) is 0 Å². The molecule has 4 rings (SSSR count). The highest BCUT2D eigenvalue weighted by Crippen LogP contribution is 2.44. The van der Waals surface area contributed by atoms with Crippen LogP contribution in [0.25, 0.3) is 0 Å². The van der Waals surface area contributed by atoms with Crippen molar-refractivity contribution in [3.63, 3.8) is 0 Å². The molecule has 26 heavy (non-hydrogen) atoms. The first-order valence-electron chi connectivity index (χ1n) is 8.68. The number of rotatable bonds is 3. The molecule has 1 saturated heterocycles. The average molecular weight is 380 g/mol. The van der Waals surface area contributed by atoms with Crippen LogP contribution in [0.2, 0.25) is 0 Å². The summed E-state index contributed by atoms with van der Waals surface area (Å²) >= 11 is 7.55. The summed E-state index contributed by atoms with van der Waals surface area (Å²) < 4.78 is 0. The molecule has 0 spiro atoms. The number of anilines is 1. The summed E-state index contributed by atoms with van der Waals surface area (Å²) in [5, 5.41) is 6.42. The van der Waals surface area contributed by atoms with Crippen LogP contribution in [0.4, 0.5) is 5.69 Å². The number of benzene rings is 1. The van der Waals surface area contributed by atoms with Crippen LogP contribution in [0.5, 0.6) is 0 Å². The van der Waals surface area contributed by atoms with Crippen LogP contribution in [0.3, 0.4) is 0 Å². The molecule has 1 fully saturated rings. The minimum Gasteiger partial charge on any atom is -0.351 e. The molecule has 2 atom stereocenters. The summed E-state index contributed by atoms with van der Waals surface area (Å²) in [4.78, 5) is 8.18. The standard InChI is InChI=1S/C21H21N3S2/c1-13-7-8-16(12-15(13)3)24-19(20-14(2)9-11-26-20)18(23-21(24)25)17-6-4-5-10-22-17/h4-12,18-19H,1-3H3,(H,23,25)/t18-,19-/m0/s1. The van der Waals surface area contributed by atoms with Crippen LogP contribution in [0.15, 0.2) is 54.0 Å². The highest BCUT2D eigenvalue weighted by atomic mass is 32.1. The molecule has 3 heterocycles. The lowest BCUT2D eigenvalue weighted by Gasteiger charge is -2.28. The summed E-state index contributed by atoms with van der Waals surface area (Å²) in [6, 6.07) is 14.9. The van der Waals surface area contributed by atoms with E-state index < -0.39 is 0 Å². The van der Waals surface area contributed by atoms with Gasteiger partial charge in [0, 0.05) is 16.8 Å². The number of thiocarbonyl (C=S) groups is 1. The normalized spacial score (nSPS) is 19.7. The van der Waals surface area contributed by atoms with Gasteiger partial charge in [0.05, 0.1) is 17.8 Å². The van der Waals surface area contributed by atoms with Crippen LogP contribution < -0.4 is 10.2 Å². The number of pyridine rings is 1. The first-order chi connectivity index (χ1) is 12.6. The number of aryl methyl sites for hydroxylation is 3. The number of thiophene rings is 1. The van der Waals surface area contributed by atoms with Gasteiger partial charge in [0.15, 0.2) is 5.11 Å². The number of hydrogen-bond donors (Lipinski definition) is 1. The van der Waals surface area contributed by atoms with E-state index in [2.05, 4.69) is 71.7 Å². The molecular weight excluding hydrogens is 358 g/mol. The number of hydrogen-bond acceptors (Lipinski definition) is 3. The third kappa shape index (κ3) is 2.91. The van der Waals surface area contributed by atoms with Crippen molar-refractivity contribution in [3.05, 3.63) is 81.3 Å². The summed E-state index contributed by atoms with van der Waals surface area (Å²) in [7, 11) is 0. The molecule has 5 heteroatoms. The topological polar surface area (TPSA) is 28.2 Å². The van der Waals surface area contributed by atoms with Gasteiger partial charge in [-0.1, -0.05) is 12.1 Å². The van der Waals surface area contributed by atoms with Crippen molar-refractivity contribution >= 4 is 34.4 Å². The Kier molecular flexibility index (Phi) is 4.51. The van der Waals surface area contributed by atoms with Crippen molar-refractivity contribution in [1.82, 2.24) is 10.3 Å². The SMILES string of the molecule is Cc1ccc(N2C(=S)N[C@@H](c3ccccn3)[C@H]2c2sccc2C)cc1C. The lowest BCUT2D eigenvalue weighted by molar-refractivity contribution is 0.573. The first kappa shape index (κ1) is 17.2. The van der Waals surface area contributed by atoms with Gasteiger partial charge >= 0.3 is 0 Å². The fraction of sp³-hybridized carbons (Fsp3) is 0.238. The van der Waals surface area contributed by atoms with Crippen LogP contribution in [-0.4, -0.2) is 10.1 Å². The van der Waals surface area contributed by atoms with Crippen LogP contribution in [0.1, 0.15) is 39.3 Å². The molecular formula is C21H21N3S2. The van der Waals surface area contributed by atoms with Crippen molar-refractivity contribution < 1.29 is 0 Å². The molecule has 2 aromatic heterocycles. The van der Waals surface area contributed by atoms with Gasteiger partial charge in [0.25, 0.3) is 0 Å². The molecule has 0 radical (unpaired) electrons. The van der Waals surface area contributed by atoms with E-state index in [4.69, 9.17) is 12.2 Å². The Hall–Kier alpha value is -2.24. The van der Waals surface area contributed by atoms with Gasteiger partial charge in [-0.2, -0.15) is 0 Å². The Bertz CT molecular complexity index is 949. The number of nitrogens with zero attached hydrogens (tertiary/aromatic N) is 2. The molecule has 3 nitrogen and oxygen atoms in total. The van der Waals surface area contributed by atoms with Crippen molar-refractivity contribution in [1.29, 1.82) is 0 Å². The average Bonchev–Trinajstić information content (AvgIpc) is 3.21. The van der Waals surface area contributed by atoms with Crippen molar-refractivity contribution in [2.45, 2.75) is 32.9 Å². The fourth-order valence-electron chi connectivity index (χ4n) is 3.46. The lowest BCUT2D eigenvalue weighted by atomic mass is 10.00. The van der Waals surface area contributed by atoms with E-state index in [1.54, 1.807) is 11.3 Å². The van der Waals surface area contributed by atoms with Gasteiger partial charge < -0.3 is 10.2 Å². The second kappa shape index (κ2) is 6.82. The predicted molar refractivity (Wildman–Crippen MR) is 113 cm³/mol. The highest BCUT2D eigenvalue weighted by molar-refractivity contribution is 7.80. The minimum atomic E-state index is 0.0302. The van der Waals surface area contributed by atoms with Crippen LogP contribution in [0, 0.1) is 20.8 Å². The first-order valence-corrected chi connectivity index (χ1v) is 9.97. The second-order valence-electron chi connectivity index (χ2n) is 6.73. The zero-order valence-electron chi connectivity index (χ0n) is 15.1. The zero-order valence-corrected chi connectivity index (χ0v) is 16.7. The maximum absolute atomic E-state index is 5.76. The smallest absolute Gasteiger partial charge is 0.174 e. The zero-order chi connectivity index (χ0) is 18.3. The van der Waals surface area contributed by atoms with Crippen LogP contribution in [-0.2, 0) is 0 Å². The largest absolute Gasteiger partial charge is 0.351 e. The van der Waals surface area contributed by atoms with Crippen molar-refractivity contribution in [2.75, 3.05) is 4.90 Å². The lowest BCUT2D eigenvalue weighted by Crippen LogP contribution is -2.29. The molecule has 1 aliphatic rings. The van der Waals surface area contributed by atoms with E-state index in [-0.39, 0.29) is 12.1 Å². The Balaban J connectivity index is 1.85. The monoisotopic (exact) mass is 379 g/mol. The van der Waals surface area contributed by atoms with E-state index in [1.165, 1.54) is 21.6 Å². The van der Waals surface area contributed by atoms with E-state index in [1.807, 2.05) is 18.3 Å². The molecule has 1 aromatic carbocycles. The van der Waals surface area contributed by atoms with Gasteiger partial charge in [-0.15, -0.1) is 11.3 Å². The third-order valence-electron chi connectivity index (χ3n) is 5.04. The Labute approximate surface area is 163 Å². The number of aromatic nitrogens is 1. The fourth-order valence-corrected chi connectivity index (χ4v) is 4.86. The summed E-state index contributed by atoms with van der Waals surface area (Å²) in [6.45, 7) is 6.45. The van der Waals surface area contributed by atoms with Gasteiger partial charge in [-0.25, -0.2) is 0 Å². The summed E-state index contributed by atoms with van der Waals surface area (Å²) in [5.41, 5.74) is 5.99. The van der Waals surface area contributed by atoms with E-state index in [0.717, 1.165) is 16.5 Å². The van der Waals surface area contributed by atoms with Gasteiger partial charge in [0.1, 0.15) is 0 Å². The molecule has 1 N–H and O–H groups in total. The highest BCUT2D eigenvalue weighted by Gasteiger charge is 2.41. The third-order valence-corrected chi connectivity index (χ3v) is 6.44. The van der Waals surface area contributed by atoms with Crippen molar-refractivity contribution in [3.8, 4) is 0 Å². The number of nitrogens with one attached hydrogen (secondary N) is 1. The molecule has 3 aromatic rings. The maximum atomic E-state index is 5.76. The molecule has 0 saturated carbocycles. The molecule has 0 bridgehead atoms. The molecule has 0 amide bonds. The van der Waals surface area contributed by atoms with Gasteiger partial charge in [-0.05, 0) is 85.4 Å². The van der Waals surface area contributed by atoms with E-state index in [0.29, 0.717) is 0 Å². The van der Waals surface area contributed by atoms with Crippen LogP contribution >= 0.6 is 23.6 Å². The molecule has 0 unspecified atom stereocenters. The summed E-state index contributed by atoms with van der Waals surface area (Å²) in [6.07, 6.45) is 1.84. The second-order valence-corrected chi connectivity index (χ2v) is 8.07. The minimum absolute atomic E-state index is 0.0302. The quantitative estimate of drug-likeness (QED) is 0.630. The van der Waals surface area contributed by atoms with Gasteiger partial charge in [0.2, 0.25) is 0 Å². The Morgan fingerprint density at radius 1 is 1.04 bits per heavy atom. The van der Waals surface area contributed by atoms with Gasteiger partial charge in [-0.3, -0.25) is 4.98 Å². The molecule has 132 valence electrons. The molecule has 0 aliphatic carbocycles. The Morgan fingerprint density at radius 2 is 1.88 bits per heavy atom. The van der Waals surface area contributed by atoms with E-state index >= 15 is 0 Å².